The highest BCUT2D eigenvalue weighted by Crippen LogP contribution is 2.44. The van der Waals surface area contributed by atoms with Crippen LogP contribution in [0.1, 0.15) is 40.0 Å². The molecule has 6 heterocycles. The lowest BCUT2D eigenvalue weighted by molar-refractivity contribution is -0.197. The monoisotopic (exact) mass is 473 g/mol. The van der Waals surface area contributed by atoms with E-state index < -0.39 is 5.60 Å². The van der Waals surface area contributed by atoms with E-state index in [1.54, 1.807) is 0 Å². The molecule has 0 bridgehead atoms. The summed E-state index contributed by atoms with van der Waals surface area (Å²) in [5, 5.41) is 3.22. The van der Waals surface area contributed by atoms with Crippen molar-refractivity contribution in [3.8, 4) is 0 Å². The molecule has 8 nitrogen and oxygen atoms in total. The van der Waals surface area contributed by atoms with Gasteiger partial charge in [-0.15, -0.1) is 12.4 Å². The summed E-state index contributed by atoms with van der Waals surface area (Å²) >= 11 is 0. The van der Waals surface area contributed by atoms with Crippen LogP contribution in [0.25, 0.3) is 0 Å². The predicted octanol–water partition coefficient (Wildman–Crippen LogP) is 1.91. The summed E-state index contributed by atoms with van der Waals surface area (Å²) in [6.45, 7) is 16.6. The fraction of sp³-hybridized carbons (Fsp3) is 0.957. The number of nitrogens with zero attached hydrogens (tertiary/aromatic N) is 2. The highest BCUT2D eigenvalue weighted by Gasteiger charge is 2.54. The smallest absolute Gasteiger partial charge is 0.410 e. The second kappa shape index (κ2) is 8.86. The van der Waals surface area contributed by atoms with Crippen LogP contribution in [0, 0.1) is 10.8 Å². The number of carbonyl (C=O) groups excluding carboxylic acids is 1. The van der Waals surface area contributed by atoms with Gasteiger partial charge in [0.05, 0.1) is 38.6 Å². The molecule has 0 aromatic rings. The van der Waals surface area contributed by atoms with Crippen LogP contribution in [0.15, 0.2) is 0 Å². The lowest BCUT2D eigenvalue weighted by Gasteiger charge is -2.57. The molecule has 1 N–H and O–H groups in total. The van der Waals surface area contributed by atoms with Gasteiger partial charge in [-0.25, -0.2) is 4.79 Å². The van der Waals surface area contributed by atoms with Crippen molar-refractivity contribution in [3.63, 3.8) is 0 Å². The van der Waals surface area contributed by atoms with E-state index in [1.807, 2.05) is 25.7 Å². The summed E-state index contributed by atoms with van der Waals surface area (Å²) in [5.74, 6) is 0. The van der Waals surface area contributed by atoms with E-state index >= 15 is 0 Å². The molecule has 184 valence electrons. The molecule has 0 radical (unpaired) electrons. The third-order valence-electron chi connectivity index (χ3n) is 7.74. The second-order valence-electron chi connectivity index (χ2n) is 11.8. The van der Waals surface area contributed by atoms with E-state index in [1.165, 1.54) is 26.2 Å². The Morgan fingerprint density at radius 1 is 1.00 bits per heavy atom. The Balaban J connectivity index is 0.000000259. The summed E-state index contributed by atoms with van der Waals surface area (Å²) < 4.78 is 22.1. The maximum absolute atomic E-state index is 12.2. The highest BCUT2D eigenvalue weighted by molar-refractivity contribution is 5.85. The molecule has 3 spiro atoms. The van der Waals surface area contributed by atoms with Gasteiger partial charge >= 0.3 is 6.09 Å². The molecule has 9 heteroatoms. The Morgan fingerprint density at radius 3 is 2.00 bits per heavy atom. The zero-order valence-corrected chi connectivity index (χ0v) is 20.6. The first kappa shape index (κ1) is 24.5. The Kier molecular flexibility index (Phi) is 6.78. The molecule has 32 heavy (non-hydrogen) atoms. The predicted molar refractivity (Wildman–Crippen MR) is 122 cm³/mol. The molecular formula is C23H40ClN3O5. The Morgan fingerprint density at radius 2 is 1.59 bits per heavy atom. The Bertz CT molecular complexity index is 656. The first-order chi connectivity index (χ1) is 14.7. The number of hydrogen-bond acceptors (Lipinski definition) is 7. The zero-order chi connectivity index (χ0) is 21.7. The lowest BCUT2D eigenvalue weighted by atomic mass is 9.76. The van der Waals surface area contributed by atoms with Gasteiger partial charge < -0.3 is 29.2 Å². The van der Waals surface area contributed by atoms with E-state index in [0.717, 1.165) is 65.4 Å². The zero-order valence-electron chi connectivity index (χ0n) is 19.8. The molecule has 6 rings (SSSR count). The van der Waals surface area contributed by atoms with Gasteiger partial charge in [-0.3, -0.25) is 4.90 Å². The van der Waals surface area contributed by atoms with Crippen molar-refractivity contribution in [1.29, 1.82) is 0 Å². The molecule has 6 aliphatic rings. The topological polar surface area (TPSA) is 72.5 Å². The van der Waals surface area contributed by atoms with Crippen molar-refractivity contribution in [3.05, 3.63) is 0 Å². The van der Waals surface area contributed by atoms with Crippen LogP contribution in [0.2, 0.25) is 0 Å². The normalized spacial score (nSPS) is 31.3. The molecule has 6 fully saturated rings. The Hall–Kier alpha value is -0.640. The summed E-state index contributed by atoms with van der Waals surface area (Å²) in [7, 11) is 0. The van der Waals surface area contributed by atoms with E-state index in [2.05, 4.69) is 10.2 Å². The molecule has 1 unspecified atom stereocenters. The van der Waals surface area contributed by atoms with Gasteiger partial charge in [0.1, 0.15) is 5.60 Å². The molecule has 6 aliphatic heterocycles. The first-order valence-electron chi connectivity index (χ1n) is 11.9. The standard InChI is InChI=1S/C18H30N2O4.C5H9NO.ClH/c1-16(2,3)24-15(21)19-6-4-18(5-7-19)8-14(9-23-18)20-10-17(11-20)12-22-13-17;1-5(2-6-1)3-7-4-5;/h14H,4-13H2,1-3H3;6H,1-4H2;1H. The van der Waals surface area contributed by atoms with Crippen LogP contribution in [0.3, 0.4) is 0 Å². The molecule has 6 saturated heterocycles. The second-order valence-corrected chi connectivity index (χ2v) is 11.8. The SMILES string of the molecule is C1NCC12COC2.CC(C)(C)OC(=O)N1CCC2(CC1)CC(N1CC3(COC3)C1)CO2.Cl. The number of rotatable bonds is 1. The van der Waals surface area contributed by atoms with Crippen molar-refractivity contribution < 1.29 is 23.7 Å². The molecule has 1 atom stereocenters. The van der Waals surface area contributed by atoms with Crippen molar-refractivity contribution in [1.82, 2.24) is 15.1 Å². The summed E-state index contributed by atoms with van der Waals surface area (Å²) in [4.78, 5) is 16.6. The minimum atomic E-state index is -0.431. The number of nitrogens with one attached hydrogen (secondary N) is 1. The maximum atomic E-state index is 12.2. The van der Waals surface area contributed by atoms with E-state index in [0.29, 0.717) is 16.9 Å². The molecule has 0 aromatic carbocycles. The molecule has 0 aromatic heterocycles. The largest absolute Gasteiger partial charge is 0.444 e. The van der Waals surface area contributed by atoms with Crippen LogP contribution in [-0.4, -0.2) is 105 Å². The fourth-order valence-electron chi connectivity index (χ4n) is 5.55. The Labute approximate surface area is 198 Å². The number of ether oxygens (including phenoxy) is 4. The first-order valence-corrected chi connectivity index (χ1v) is 11.9. The van der Waals surface area contributed by atoms with Gasteiger partial charge in [0.25, 0.3) is 0 Å². The van der Waals surface area contributed by atoms with Crippen LogP contribution >= 0.6 is 12.4 Å². The van der Waals surface area contributed by atoms with E-state index in [4.69, 9.17) is 18.9 Å². The number of likely N-dealkylation sites (tertiary alicyclic amines) is 2. The lowest BCUT2D eigenvalue weighted by Crippen LogP contribution is -2.68. The summed E-state index contributed by atoms with van der Waals surface area (Å²) in [5.41, 5.74) is 0.623. The number of amides is 1. The minimum absolute atomic E-state index is 0. The third-order valence-corrected chi connectivity index (χ3v) is 7.74. The minimum Gasteiger partial charge on any atom is -0.444 e. The van der Waals surface area contributed by atoms with Crippen molar-refractivity contribution in [2.45, 2.75) is 57.3 Å². The fourth-order valence-corrected chi connectivity index (χ4v) is 5.55. The summed E-state index contributed by atoms with van der Waals surface area (Å²) in [6.07, 6.45) is 2.75. The van der Waals surface area contributed by atoms with Gasteiger partial charge in [0.2, 0.25) is 0 Å². The average molecular weight is 474 g/mol. The average Bonchev–Trinajstić information content (AvgIpc) is 2.92. The van der Waals surface area contributed by atoms with Crippen molar-refractivity contribution >= 4 is 18.5 Å². The van der Waals surface area contributed by atoms with Gasteiger partial charge in [0, 0.05) is 56.1 Å². The van der Waals surface area contributed by atoms with E-state index in [9.17, 15) is 4.79 Å². The van der Waals surface area contributed by atoms with Gasteiger partial charge in [-0.1, -0.05) is 0 Å². The van der Waals surface area contributed by atoms with Crippen LogP contribution in [0.4, 0.5) is 4.79 Å². The van der Waals surface area contributed by atoms with Gasteiger partial charge in [-0.2, -0.15) is 0 Å². The summed E-state index contributed by atoms with van der Waals surface area (Å²) in [6, 6.07) is 0.546. The maximum Gasteiger partial charge on any atom is 0.410 e. The third kappa shape index (κ3) is 4.91. The van der Waals surface area contributed by atoms with Crippen molar-refractivity contribution in [2.75, 3.05) is 72.3 Å². The number of piperidine rings is 1. The van der Waals surface area contributed by atoms with E-state index in [-0.39, 0.29) is 24.1 Å². The van der Waals surface area contributed by atoms with Gasteiger partial charge in [-0.05, 0) is 40.0 Å². The van der Waals surface area contributed by atoms with Crippen LogP contribution < -0.4 is 5.32 Å². The van der Waals surface area contributed by atoms with Crippen LogP contribution in [-0.2, 0) is 18.9 Å². The van der Waals surface area contributed by atoms with Gasteiger partial charge in [0.15, 0.2) is 0 Å². The molecule has 0 aliphatic carbocycles. The highest BCUT2D eigenvalue weighted by atomic mass is 35.5. The molecule has 0 saturated carbocycles. The van der Waals surface area contributed by atoms with Crippen molar-refractivity contribution in [2.24, 2.45) is 10.8 Å². The molecule has 1 amide bonds. The molecular weight excluding hydrogens is 434 g/mol. The number of hydrogen-bond donors (Lipinski definition) is 1. The number of halogens is 1. The number of carbonyl (C=O) groups is 1. The quantitative estimate of drug-likeness (QED) is 0.623. The van der Waals surface area contributed by atoms with Crippen LogP contribution in [0.5, 0.6) is 0 Å².